The van der Waals surface area contributed by atoms with Crippen LogP contribution in [0.15, 0.2) is 23.4 Å². The third kappa shape index (κ3) is 3.09. The van der Waals surface area contributed by atoms with Crippen molar-refractivity contribution in [3.05, 3.63) is 34.5 Å². The van der Waals surface area contributed by atoms with Crippen molar-refractivity contribution in [3.8, 4) is 5.75 Å². The minimum absolute atomic E-state index is 0.203. The van der Waals surface area contributed by atoms with Crippen LogP contribution >= 0.6 is 0 Å². The summed E-state index contributed by atoms with van der Waals surface area (Å²) in [7, 11) is 1.50. The van der Waals surface area contributed by atoms with Crippen LogP contribution in [-0.2, 0) is 0 Å². The lowest BCUT2D eigenvalue weighted by Crippen LogP contribution is -2.21. The molecule has 1 rings (SSSR count). The van der Waals surface area contributed by atoms with Gasteiger partial charge in [0.1, 0.15) is 11.9 Å². The third-order valence-corrected chi connectivity index (χ3v) is 1.99. The molecule has 1 aromatic rings. The maximum Gasteiger partial charge on any atom is 0.137 e. The van der Waals surface area contributed by atoms with Crippen LogP contribution in [0.1, 0.15) is 11.8 Å². The molecule has 1 aromatic heterocycles. The van der Waals surface area contributed by atoms with E-state index in [2.05, 4.69) is 15.0 Å². The smallest absolute Gasteiger partial charge is 0.137 e. The molecule has 0 aliphatic carbocycles. The normalized spacial score (nSPS) is 13.7. The molecular weight excluding hydrogens is 212 g/mol. The van der Waals surface area contributed by atoms with Gasteiger partial charge in [-0.3, -0.25) is 4.98 Å². The zero-order valence-corrected chi connectivity index (χ0v) is 8.69. The second-order valence-electron chi connectivity index (χ2n) is 3.05. The van der Waals surface area contributed by atoms with Crippen molar-refractivity contribution in [2.75, 3.05) is 13.7 Å². The van der Waals surface area contributed by atoms with E-state index in [1.165, 1.54) is 19.4 Å². The summed E-state index contributed by atoms with van der Waals surface area (Å²) in [5, 5.41) is 22.3. The van der Waals surface area contributed by atoms with Crippen LogP contribution in [0.25, 0.3) is 10.4 Å². The van der Waals surface area contributed by atoms with Gasteiger partial charge in [-0.15, -0.1) is 0 Å². The van der Waals surface area contributed by atoms with Crippen molar-refractivity contribution in [2.45, 2.75) is 12.2 Å². The first-order valence-corrected chi connectivity index (χ1v) is 4.56. The Balaban J connectivity index is 2.71. The van der Waals surface area contributed by atoms with Crippen molar-refractivity contribution in [1.82, 2.24) is 4.98 Å². The van der Waals surface area contributed by atoms with Crippen molar-refractivity contribution in [2.24, 2.45) is 5.11 Å². The molecule has 0 amide bonds. The number of aromatic nitrogens is 1. The van der Waals surface area contributed by atoms with E-state index in [1.807, 2.05) is 0 Å². The van der Waals surface area contributed by atoms with E-state index in [9.17, 15) is 10.2 Å². The number of methoxy groups -OCH3 is 1. The maximum absolute atomic E-state index is 9.64. The highest BCUT2D eigenvalue weighted by atomic mass is 16.5. The molecule has 0 fully saturated rings. The van der Waals surface area contributed by atoms with E-state index >= 15 is 0 Å². The molecular formula is C9H12N4O3. The topological polar surface area (TPSA) is 111 Å². The molecule has 1 heterocycles. The Morgan fingerprint density at radius 1 is 1.56 bits per heavy atom. The number of pyridine rings is 1. The summed E-state index contributed by atoms with van der Waals surface area (Å²) < 4.78 is 4.90. The number of ether oxygens (including phenoxy) is 1. The number of rotatable bonds is 5. The molecule has 2 unspecified atom stereocenters. The van der Waals surface area contributed by atoms with Crippen molar-refractivity contribution in [3.63, 3.8) is 0 Å². The number of hydrogen-bond acceptors (Lipinski definition) is 5. The van der Waals surface area contributed by atoms with Crippen molar-refractivity contribution in [1.29, 1.82) is 0 Å². The maximum atomic E-state index is 9.64. The van der Waals surface area contributed by atoms with Gasteiger partial charge in [0.15, 0.2) is 0 Å². The molecule has 0 bridgehead atoms. The molecule has 0 aliphatic rings. The van der Waals surface area contributed by atoms with Crippen LogP contribution in [0.4, 0.5) is 0 Å². The zero-order valence-electron chi connectivity index (χ0n) is 8.69. The van der Waals surface area contributed by atoms with Gasteiger partial charge in [-0.2, -0.15) is 0 Å². The summed E-state index contributed by atoms with van der Waals surface area (Å²) in [5.74, 6) is 0.556. The van der Waals surface area contributed by atoms with Gasteiger partial charge < -0.3 is 14.9 Å². The van der Waals surface area contributed by atoms with E-state index in [0.717, 1.165) is 0 Å². The first-order valence-electron chi connectivity index (χ1n) is 4.56. The van der Waals surface area contributed by atoms with Gasteiger partial charge in [0.2, 0.25) is 0 Å². The molecule has 0 saturated heterocycles. The monoisotopic (exact) mass is 224 g/mol. The summed E-state index contributed by atoms with van der Waals surface area (Å²) in [6.45, 7) is -0.203. The lowest BCUT2D eigenvalue weighted by molar-refractivity contribution is 0.0217. The largest absolute Gasteiger partial charge is 0.495 e. The fourth-order valence-electron chi connectivity index (χ4n) is 1.10. The summed E-state index contributed by atoms with van der Waals surface area (Å²) in [4.78, 5) is 6.40. The molecule has 16 heavy (non-hydrogen) atoms. The highest BCUT2D eigenvalue weighted by Crippen LogP contribution is 2.17. The van der Waals surface area contributed by atoms with Crippen molar-refractivity contribution < 1.29 is 14.9 Å². The van der Waals surface area contributed by atoms with Gasteiger partial charge in [0.05, 0.1) is 31.6 Å². The molecule has 2 N–H and O–H groups in total. The zero-order chi connectivity index (χ0) is 12.0. The fourth-order valence-corrected chi connectivity index (χ4v) is 1.10. The van der Waals surface area contributed by atoms with Crippen LogP contribution < -0.4 is 4.74 Å². The van der Waals surface area contributed by atoms with Gasteiger partial charge in [0.25, 0.3) is 0 Å². The van der Waals surface area contributed by atoms with Crippen molar-refractivity contribution >= 4 is 0 Å². The number of hydrogen-bond donors (Lipinski definition) is 2. The average Bonchev–Trinajstić information content (AvgIpc) is 2.35. The third-order valence-electron chi connectivity index (χ3n) is 1.99. The summed E-state index contributed by atoms with van der Waals surface area (Å²) in [5.41, 5.74) is 8.36. The molecule has 0 radical (unpaired) electrons. The van der Waals surface area contributed by atoms with Crippen LogP contribution in [-0.4, -0.2) is 35.0 Å². The number of azide groups is 1. The standard InChI is InChI=1S/C9H12N4O3/c1-16-6-2-3-7(11-4-6)9(15)8(14)5-12-13-10/h2-4,8-9,14-15H,5H2,1H3. The van der Waals surface area contributed by atoms with Crippen LogP contribution in [0.5, 0.6) is 5.75 Å². The Kier molecular flexibility index (Phi) is 4.53. The predicted molar refractivity (Wildman–Crippen MR) is 55.8 cm³/mol. The number of aliphatic hydroxyl groups excluding tert-OH is 2. The second kappa shape index (κ2) is 5.92. The Bertz CT molecular complexity index is 375. The fraction of sp³-hybridized carbons (Fsp3) is 0.444. The van der Waals surface area contributed by atoms with E-state index in [-0.39, 0.29) is 6.54 Å². The van der Waals surface area contributed by atoms with E-state index in [1.54, 1.807) is 6.07 Å². The average molecular weight is 224 g/mol. The number of nitrogens with zero attached hydrogens (tertiary/aromatic N) is 4. The second-order valence-corrected chi connectivity index (χ2v) is 3.05. The molecule has 7 nitrogen and oxygen atoms in total. The van der Waals surface area contributed by atoms with Crippen LogP contribution in [0.3, 0.4) is 0 Å². The molecule has 86 valence electrons. The Hall–Kier alpha value is -1.82. The Labute approximate surface area is 91.9 Å². The molecule has 0 aliphatic heterocycles. The minimum Gasteiger partial charge on any atom is -0.495 e. The van der Waals surface area contributed by atoms with E-state index < -0.39 is 12.2 Å². The van der Waals surface area contributed by atoms with Gasteiger partial charge in [-0.25, -0.2) is 0 Å². The number of aliphatic hydroxyl groups is 2. The summed E-state index contributed by atoms with van der Waals surface area (Å²) >= 11 is 0. The molecule has 2 atom stereocenters. The van der Waals surface area contributed by atoms with Gasteiger partial charge in [0, 0.05) is 4.91 Å². The predicted octanol–water partition coefficient (Wildman–Crippen LogP) is 0.795. The molecule has 0 saturated carbocycles. The Morgan fingerprint density at radius 2 is 2.31 bits per heavy atom. The molecule has 7 heteroatoms. The molecule has 0 aromatic carbocycles. The molecule has 0 spiro atoms. The van der Waals surface area contributed by atoms with Gasteiger partial charge >= 0.3 is 0 Å². The van der Waals surface area contributed by atoms with E-state index in [4.69, 9.17) is 10.3 Å². The quantitative estimate of drug-likeness (QED) is 0.437. The lowest BCUT2D eigenvalue weighted by Gasteiger charge is -2.15. The lowest BCUT2D eigenvalue weighted by atomic mass is 10.1. The van der Waals surface area contributed by atoms with Gasteiger partial charge in [-0.1, -0.05) is 5.11 Å². The van der Waals surface area contributed by atoms with Crippen LogP contribution in [0.2, 0.25) is 0 Å². The first-order chi connectivity index (χ1) is 7.69. The van der Waals surface area contributed by atoms with Gasteiger partial charge in [-0.05, 0) is 17.7 Å². The summed E-state index contributed by atoms with van der Waals surface area (Å²) in [6, 6.07) is 3.15. The van der Waals surface area contributed by atoms with Crippen LogP contribution in [0, 0.1) is 0 Å². The first kappa shape index (κ1) is 12.3. The SMILES string of the molecule is COc1ccc(C(O)C(O)CN=[N+]=[N-])nc1. The minimum atomic E-state index is -1.18. The summed E-state index contributed by atoms with van der Waals surface area (Å²) in [6.07, 6.45) is -0.924. The highest BCUT2D eigenvalue weighted by Gasteiger charge is 2.18. The Morgan fingerprint density at radius 3 is 2.81 bits per heavy atom. The highest BCUT2D eigenvalue weighted by molar-refractivity contribution is 5.21. The van der Waals surface area contributed by atoms with E-state index in [0.29, 0.717) is 11.4 Å².